The summed E-state index contributed by atoms with van der Waals surface area (Å²) in [6.45, 7) is 7.43. The minimum Gasteiger partial charge on any atom is -0.465 e. The van der Waals surface area contributed by atoms with Crippen LogP contribution in [0.2, 0.25) is 0 Å². The van der Waals surface area contributed by atoms with Gasteiger partial charge < -0.3 is 18.9 Å². The molecule has 2 aliphatic rings. The van der Waals surface area contributed by atoms with Gasteiger partial charge in [0.2, 0.25) is 0 Å². The second-order valence-electron chi connectivity index (χ2n) is 11.7. The monoisotopic (exact) mass is 606 g/mol. The van der Waals surface area contributed by atoms with Crippen molar-refractivity contribution in [2.45, 2.75) is 78.1 Å². The SMILES string of the molecule is CCOC(=O)C1(C(=O)OCC)CCCC1C(c1ccccc1)[C@@H](c1ccccc1)[C@H]1CCCC1(C(=O)OCC)C(=O)OCC. The second-order valence-corrected chi connectivity index (χ2v) is 11.7. The lowest BCUT2D eigenvalue weighted by atomic mass is 9.57. The summed E-state index contributed by atoms with van der Waals surface area (Å²) < 4.78 is 22.5. The van der Waals surface area contributed by atoms with Crippen molar-refractivity contribution in [2.24, 2.45) is 22.7 Å². The molecule has 0 amide bonds. The summed E-state index contributed by atoms with van der Waals surface area (Å²) in [5.74, 6) is -4.25. The fourth-order valence-electron chi connectivity index (χ4n) is 7.99. The Morgan fingerprint density at radius 1 is 0.568 bits per heavy atom. The molecule has 4 rings (SSSR count). The number of carbonyl (C=O) groups is 4. The molecule has 0 aliphatic heterocycles. The van der Waals surface area contributed by atoms with Crippen molar-refractivity contribution in [1.82, 2.24) is 0 Å². The lowest BCUT2D eigenvalue weighted by Gasteiger charge is -2.45. The predicted molar refractivity (Wildman–Crippen MR) is 164 cm³/mol. The molecule has 0 spiro atoms. The van der Waals surface area contributed by atoms with Crippen LogP contribution in [-0.4, -0.2) is 50.3 Å². The van der Waals surface area contributed by atoms with Gasteiger partial charge in [-0.2, -0.15) is 0 Å². The average Bonchev–Trinajstić information content (AvgIpc) is 3.68. The smallest absolute Gasteiger partial charge is 0.323 e. The van der Waals surface area contributed by atoms with Crippen LogP contribution in [0.1, 0.15) is 89.2 Å². The third-order valence-corrected chi connectivity index (χ3v) is 9.62. The highest BCUT2D eigenvalue weighted by Gasteiger charge is 2.65. The lowest BCUT2D eigenvalue weighted by molar-refractivity contribution is -0.180. The molecule has 2 unspecified atom stereocenters. The molecule has 0 radical (unpaired) electrons. The van der Waals surface area contributed by atoms with E-state index in [0.717, 1.165) is 11.1 Å². The number of rotatable bonds is 13. The van der Waals surface area contributed by atoms with E-state index in [1.165, 1.54) is 0 Å². The highest BCUT2D eigenvalue weighted by Crippen LogP contribution is 2.62. The lowest BCUT2D eigenvalue weighted by Crippen LogP contribution is -2.51. The van der Waals surface area contributed by atoms with E-state index < -0.39 is 58.4 Å². The van der Waals surface area contributed by atoms with Gasteiger partial charge in [-0.1, -0.05) is 73.5 Å². The molecule has 2 aromatic rings. The number of carbonyl (C=O) groups excluding carboxylic acids is 4. The van der Waals surface area contributed by atoms with Crippen molar-refractivity contribution in [3.63, 3.8) is 0 Å². The predicted octanol–water partition coefficient (Wildman–Crippen LogP) is 6.38. The Morgan fingerprint density at radius 3 is 1.14 bits per heavy atom. The van der Waals surface area contributed by atoms with Gasteiger partial charge >= 0.3 is 23.9 Å². The first-order valence-corrected chi connectivity index (χ1v) is 16.1. The van der Waals surface area contributed by atoms with Crippen LogP contribution in [0.3, 0.4) is 0 Å². The molecule has 238 valence electrons. The zero-order chi connectivity index (χ0) is 31.7. The largest absolute Gasteiger partial charge is 0.465 e. The van der Waals surface area contributed by atoms with Crippen LogP contribution in [0, 0.1) is 22.7 Å². The summed E-state index contributed by atoms with van der Waals surface area (Å²) >= 11 is 0. The maximum atomic E-state index is 14.0. The van der Waals surface area contributed by atoms with Crippen molar-refractivity contribution in [3.8, 4) is 0 Å². The number of ether oxygens (including phenoxy) is 4. The Kier molecular flexibility index (Phi) is 11.2. The van der Waals surface area contributed by atoms with Crippen LogP contribution in [0.4, 0.5) is 0 Å². The highest BCUT2D eigenvalue weighted by atomic mass is 16.6. The maximum absolute atomic E-state index is 14.0. The van der Waals surface area contributed by atoms with E-state index in [1.807, 2.05) is 60.7 Å². The Balaban J connectivity index is 2.02. The molecule has 4 atom stereocenters. The molecular weight excluding hydrogens is 560 g/mol. The minimum atomic E-state index is -1.53. The second kappa shape index (κ2) is 14.9. The van der Waals surface area contributed by atoms with Crippen molar-refractivity contribution in [1.29, 1.82) is 0 Å². The summed E-state index contributed by atoms with van der Waals surface area (Å²) in [4.78, 5) is 55.8. The van der Waals surface area contributed by atoms with Crippen molar-refractivity contribution >= 4 is 23.9 Å². The first-order chi connectivity index (χ1) is 21.3. The van der Waals surface area contributed by atoms with E-state index >= 15 is 0 Å². The maximum Gasteiger partial charge on any atom is 0.323 e. The van der Waals surface area contributed by atoms with E-state index in [4.69, 9.17) is 18.9 Å². The number of esters is 4. The minimum absolute atomic E-state index is 0.127. The molecule has 2 aromatic carbocycles. The number of hydrogen-bond donors (Lipinski definition) is 0. The summed E-state index contributed by atoms with van der Waals surface area (Å²) in [5, 5.41) is 0. The van der Waals surface area contributed by atoms with Gasteiger partial charge in [0.25, 0.3) is 0 Å². The summed E-state index contributed by atoms with van der Waals surface area (Å²) in [6, 6.07) is 19.6. The highest BCUT2D eigenvalue weighted by molar-refractivity contribution is 6.02. The van der Waals surface area contributed by atoms with Crippen molar-refractivity contribution in [2.75, 3.05) is 26.4 Å². The van der Waals surface area contributed by atoms with Gasteiger partial charge in [-0.25, -0.2) is 0 Å². The van der Waals surface area contributed by atoms with Gasteiger partial charge in [0.15, 0.2) is 10.8 Å². The van der Waals surface area contributed by atoms with E-state index in [0.29, 0.717) is 38.5 Å². The standard InChI is InChI=1S/C36H46O8/c1-5-41-31(37)35(32(38)42-6-2)23-15-21-27(35)29(25-17-11-9-12-18-25)30(26-19-13-10-14-20-26)28-22-16-24-36(28,33(39)43-7-3)34(40)44-8-4/h9-14,17-20,27-30H,5-8,15-16,21-24H2,1-4H3/t27-,28?,29+,30?/m1/s1. The normalized spacial score (nSPS) is 21.5. The van der Waals surface area contributed by atoms with Crippen molar-refractivity contribution in [3.05, 3.63) is 71.8 Å². The molecule has 0 bridgehead atoms. The molecule has 2 aliphatic carbocycles. The average molecular weight is 607 g/mol. The molecule has 8 nitrogen and oxygen atoms in total. The Morgan fingerprint density at radius 2 is 0.864 bits per heavy atom. The first-order valence-electron chi connectivity index (χ1n) is 16.1. The topological polar surface area (TPSA) is 105 Å². The zero-order valence-electron chi connectivity index (χ0n) is 26.4. The van der Waals surface area contributed by atoms with Gasteiger partial charge in [-0.15, -0.1) is 0 Å². The summed E-state index contributed by atoms with van der Waals surface area (Å²) in [5.41, 5.74) is -1.23. The molecule has 8 heteroatoms. The third-order valence-electron chi connectivity index (χ3n) is 9.62. The van der Waals surface area contributed by atoms with E-state index in [-0.39, 0.29) is 26.4 Å². The summed E-state index contributed by atoms with van der Waals surface area (Å²) in [7, 11) is 0. The van der Waals surface area contributed by atoms with Gasteiger partial charge in [-0.3, -0.25) is 19.2 Å². The van der Waals surface area contributed by atoms with Crippen LogP contribution in [0.15, 0.2) is 60.7 Å². The van der Waals surface area contributed by atoms with Crippen molar-refractivity contribution < 1.29 is 38.1 Å². The Hall–Kier alpha value is -3.68. The summed E-state index contributed by atoms with van der Waals surface area (Å²) in [6.07, 6.45) is 2.98. The van der Waals surface area contributed by atoms with E-state index in [1.54, 1.807) is 27.7 Å². The van der Waals surface area contributed by atoms with Gasteiger partial charge in [0.1, 0.15) is 0 Å². The van der Waals surface area contributed by atoms with Crippen LogP contribution in [0.5, 0.6) is 0 Å². The fraction of sp³-hybridized carbons (Fsp3) is 0.556. The molecular formula is C36H46O8. The molecule has 44 heavy (non-hydrogen) atoms. The van der Waals surface area contributed by atoms with E-state index in [9.17, 15) is 19.2 Å². The quantitative estimate of drug-likeness (QED) is 0.147. The molecule has 2 fully saturated rings. The Labute approximate surface area is 260 Å². The zero-order valence-corrected chi connectivity index (χ0v) is 26.4. The number of hydrogen-bond acceptors (Lipinski definition) is 8. The first kappa shape index (κ1) is 33.2. The van der Waals surface area contributed by atoms with Gasteiger partial charge in [-0.05, 0) is 88.2 Å². The van der Waals surface area contributed by atoms with Crippen LogP contribution < -0.4 is 0 Å². The number of benzene rings is 2. The molecule has 2 saturated carbocycles. The Bertz CT molecular complexity index is 1140. The van der Waals surface area contributed by atoms with Gasteiger partial charge in [0, 0.05) is 0 Å². The fourth-order valence-corrected chi connectivity index (χ4v) is 7.99. The molecule has 0 heterocycles. The van der Waals surface area contributed by atoms with Crippen LogP contribution >= 0.6 is 0 Å². The van der Waals surface area contributed by atoms with E-state index in [2.05, 4.69) is 0 Å². The third kappa shape index (κ3) is 6.00. The molecule has 0 aromatic heterocycles. The molecule has 0 saturated heterocycles. The van der Waals surface area contributed by atoms with Crippen LogP contribution in [-0.2, 0) is 38.1 Å². The molecule has 0 N–H and O–H groups in total. The van der Waals surface area contributed by atoms with Gasteiger partial charge in [0.05, 0.1) is 26.4 Å². The van der Waals surface area contributed by atoms with Crippen LogP contribution in [0.25, 0.3) is 0 Å².